The van der Waals surface area contributed by atoms with Gasteiger partial charge in [0.2, 0.25) is 0 Å². The Kier molecular flexibility index (Phi) is 26.6. The zero-order valence-electron chi connectivity index (χ0n) is 23.0. The topological polar surface area (TPSA) is 87.1 Å². The van der Waals surface area contributed by atoms with Crippen LogP contribution < -0.4 is 0 Å². The van der Waals surface area contributed by atoms with E-state index in [0.29, 0.717) is 19.4 Å². The number of hydrogen-bond donors (Lipinski definition) is 2. The molecule has 0 fully saturated rings. The van der Waals surface area contributed by atoms with Crippen molar-refractivity contribution in [1.82, 2.24) is 4.90 Å². The molecule has 0 aromatic carbocycles. The van der Waals surface area contributed by atoms with Gasteiger partial charge in [-0.25, -0.2) is 0 Å². The van der Waals surface area contributed by atoms with E-state index in [1.807, 2.05) is 0 Å². The molecule has 0 bridgehead atoms. The first kappa shape index (κ1) is 33.9. The van der Waals surface area contributed by atoms with Crippen molar-refractivity contribution in [2.45, 2.75) is 142 Å². The fourth-order valence-corrected chi connectivity index (χ4v) is 4.42. The lowest BCUT2D eigenvalue weighted by Crippen LogP contribution is -2.29. The lowest BCUT2D eigenvalue weighted by molar-refractivity contribution is -0.144. The Balaban J connectivity index is 3.50. The number of carbonyl (C=O) groups is 2. The van der Waals surface area contributed by atoms with E-state index in [4.69, 9.17) is 9.84 Å². The highest BCUT2D eigenvalue weighted by Crippen LogP contribution is 2.11. The summed E-state index contributed by atoms with van der Waals surface area (Å²) in [5.74, 6) is -0.728. The number of nitrogens with zero attached hydrogens (tertiary/aromatic N) is 1. The van der Waals surface area contributed by atoms with E-state index in [0.717, 1.165) is 77.4 Å². The van der Waals surface area contributed by atoms with Crippen molar-refractivity contribution >= 4 is 11.9 Å². The molecule has 0 aromatic heterocycles. The Morgan fingerprint density at radius 2 is 1.06 bits per heavy atom. The predicted octanol–water partition coefficient (Wildman–Crippen LogP) is 7.12. The van der Waals surface area contributed by atoms with Gasteiger partial charge in [0.25, 0.3) is 0 Å². The van der Waals surface area contributed by atoms with Gasteiger partial charge in [0.1, 0.15) is 0 Å². The Morgan fingerprint density at radius 1 is 0.600 bits per heavy atom. The maximum atomic E-state index is 11.8. The van der Waals surface area contributed by atoms with Gasteiger partial charge in [0.05, 0.1) is 13.2 Å². The number of esters is 1. The van der Waals surface area contributed by atoms with Crippen LogP contribution in [0.15, 0.2) is 0 Å². The van der Waals surface area contributed by atoms with Crippen LogP contribution in [0.2, 0.25) is 0 Å². The second kappa shape index (κ2) is 27.4. The summed E-state index contributed by atoms with van der Waals surface area (Å²) in [5, 5.41) is 18.0. The monoisotopic (exact) mass is 499 g/mol. The summed E-state index contributed by atoms with van der Waals surface area (Å²) in [6, 6.07) is 0. The smallest absolute Gasteiger partial charge is 0.305 e. The van der Waals surface area contributed by atoms with E-state index >= 15 is 0 Å². The zero-order valence-corrected chi connectivity index (χ0v) is 23.0. The summed E-state index contributed by atoms with van der Waals surface area (Å²) in [4.78, 5) is 24.7. The first-order valence-electron chi connectivity index (χ1n) is 14.8. The fourth-order valence-electron chi connectivity index (χ4n) is 4.42. The molecule has 6 heteroatoms. The number of aliphatic hydroxyl groups is 1. The number of unbranched alkanes of at least 4 members (excludes halogenated alkanes) is 16. The third-order valence-electron chi connectivity index (χ3n) is 6.65. The van der Waals surface area contributed by atoms with Gasteiger partial charge in [0, 0.05) is 19.4 Å². The minimum Gasteiger partial charge on any atom is -0.481 e. The van der Waals surface area contributed by atoms with Crippen LogP contribution in [0.25, 0.3) is 0 Å². The molecule has 0 heterocycles. The molecule has 0 aliphatic heterocycles. The fraction of sp³-hybridized carbons (Fsp3) is 0.931. The summed E-state index contributed by atoms with van der Waals surface area (Å²) in [6.45, 7) is 5.86. The van der Waals surface area contributed by atoms with Crippen LogP contribution in [0.5, 0.6) is 0 Å². The molecule has 35 heavy (non-hydrogen) atoms. The second-order valence-corrected chi connectivity index (χ2v) is 10.0. The number of carbonyl (C=O) groups excluding carboxylic acids is 1. The largest absolute Gasteiger partial charge is 0.481 e. The quantitative estimate of drug-likeness (QED) is 0.0880. The number of carboxylic acid groups (broad SMARTS) is 1. The molecule has 0 unspecified atom stereocenters. The average Bonchev–Trinajstić information content (AvgIpc) is 2.83. The number of aliphatic carboxylic acids is 1. The summed E-state index contributed by atoms with van der Waals surface area (Å²) in [6.07, 6.45) is 22.7. The normalized spacial score (nSPS) is 11.3. The molecule has 0 aliphatic carbocycles. The number of hydrogen-bond acceptors (Lipinski definition) is 5. The summed E-state index contributed by atoms with van der Waals surface area (Å²) >= 11 is 0. The van der Waals surface area contributed by atoms with E-state index < -0.39 is 5.97 Å². The predicted molar refractivity (Wildman–Crippen MR) is 145 cm³/mol. The van der Waals surface area contributed by atoms with Crippen molar-refractivity contribution in [3.8, 4) is 0 Å². The standard InChI is InChI=1S/C29H57NO5/c1-2-3-4-5-9-15-20-27-35-29(34)22-17-12-10-14-19-24-30(25-26-31)23-18-13-8-6-7-11-16-21-28(32)33/h31H,2-27H2,1H3,(H,32,33). The van der Waals surface area contributed by atoms with Crippen molar-refractivity contribution in [3.05, 3.63) is 0 Å². The van der Waals surface area contributed by atoms with Crippen LogP contribution in [0, 0.1) is 0 Å². The van der Waals surface area contributed by atoms with Crippen LogP contribution >= 0.6 is 0 Å². The molecule has 0 spiro atoms. The molecule has 0 saturated carbocycles. The van der Waals surface area contributed by atoms with Gasteiger partial charge < -0.3 is 19.8 Å². The third-order valence-corrected chi connectivity index (χ3v) is 6.65. The molecular weight excluding hydrogens is 442 g/mol. The van der Waals surface area contributed by atoms with E-state index in [9.17, 15) is 14.7 Å². The SMILES string of the molecule is CCCCCCCCCOC(=O)CCCCCCCN(CCO)CCCCCCCCCC(=O)O. The summed E-state index contributed by atoms with van der Waals surface area (Å²) < 4.78 is 5.35. The molecule has 0 aromatic rings. The lowest BCUT2D eigenvalue weighted by Gasteiger charge is -2.21. The molecule has 2 N–H and O–H groups in total. The van der Waals surface area contributed by atoms with Gasteiger partial charge in [-0.1, -0.05) is 96.8 Å². The number of rotatable bonds is 28. The number of ether oxygens (including phenoxy) is 1. The van der Waals surface area contributed by atoms with Gasteiger partial charge >= 0.3 is 11.9 Å². The van der Waals surface area contributed by atoms with Crippen LogP contribution in [0.4, 0.5) is 0 Å². The maximum absolute atomic E-state index is 11.8. The van der Waals surface area contributed by atoms with Gasteiger partial charge in [-0.2, -0.15) is 0 Å². The van der Waals surface area contributed by atoms with Crippen molar-refractivity contribution in [2.24, 2.45) is 0 Å². The minimum atomic E-state index is -0.692. The third kappa shape index (κ3) is 27.3. The highest BCUT2D eigenvalue weighted by atomic mass is 16.5. The molecule has 0 radical (unpaired) electrons. The lowest BCUT2D eigenvalue weighted by atomic mass is 10.1. The Bertz CT molecular complexity index is 472. The summed E-state index contributed by atoms with van der Waals surface area (Å²) in [5.41, 5.74) is 0. The number of aliphatic hydroxyl groups excluding tert-OH is 1. The van der Waals surface area contributed by atoms with E-state index in [1.165, 1.54) is 64.2 Å². The van der Waals surface area contributed by atoms with Crippen molar-refractivity contribution in [1.29, 1.82) is 0 Å². The van der Waals surface area contributed by atoms with Crippen LogP contribution in [0.1, 0.15) is 142 Å². The second-order valence-electron chi connectivity index (χ2n) is 10.0. The first-order valence-corrected chi connectivity index (χ1v) is 14.8. The van der Waals surface area contributed by atoms with E-state index in [2.05, 4.69) is 11.8 Å². The highest BCUT2D eigenvalue weighted by molar-refractivity contribution is 5.69. The minimum absolute atomic E-state index is 0.0367. The van der Waals surface area contributed by atoms with Crippen LogP contribution in [-0.4, -0.2) is 59.9 Å². The van der Waals surface area contributed by atoms with Crippen molar-refractivity contribution in [2.75, 3.05) is 32.8 Å². The first-order chi connectivity index (χ1) is 17.1. The molecule has 0 amide bonds. The Morgan fingerprint density at radius 3 is 1.57 bits per heavy atom. The molecule has 0 aliphatic rings. The molecular formula is C29H57NO5. The Hall–Kier alpha value is -1.14. The molecule has 6 nitrogen and oxygen atoms in total. The van der Waals surface area contributed by atoms with Crippen molar-refractivity contribution < 1.29 is 24.5 Å². The van der Waals surface area contributed by atoms with E-state index in [-0.39, 0.29) is 12.6 Å². The van der Waals surface area contributed by atoms with Crippen LogP contribution in [0.3, 0.4) is 0 Å². The van der Waals surface area contributed by atoms with Gasteiger partial charge in [0.15, 0.2) is 0 Å². The molecule has 0 saturated heterocycles. The van der Waals surface area contributed by atoms with Crippen LogP contribution in [-0.2, 0) is 14.3 Å². The van der Waals surface area contributed by atoms with E-state index in [1.54, 1.807) is 0 Å². The van der Waals surface area contributed by atoms with Gasteiger partial charge in [-0.05, 0) is 45.2 Å². The van der Waals surface area contributed by atoms with Gasteiger partial charge in [-0.3, -0.25) is 9.59 Å². The average molecular weight is 500 g/mol. The zero-order chi connectivity index (χ0) is 25.8. The number of carboxylic acids is 1. The van der Waals surface area contributed by atoms with Gasteiger partial charge in [-0.15, -0.1) is 0 Å². The Labute approximate surface area is 216 Å². The maximum Gasteiger partial charge on any atom is 0.305 e. The molecule has 0 atom stereocenters. The van der Waals surface area contributed by atoms with Crippen molar-refractivity contribution in [3.63, 3.8) is 0 Å². The molecule has 208 valence electrons. The summed E-state index contributed by atoms with van der Waals surface area (Å²) in [7, 11) is 0. The highest BCUT2D eigenvalue weighted by Gasteiger charge is 2.05. The molecule has 0 rings (SSSR count).